The van der Waals surface area contributed by atoms with Gasteiger partial charge in [0.25, 0.3) is 0 Å². The van der Waals surface area contributed by atoms with Gasteiger partial charge >= 0.3 is 0 Å². The van der Waals surface area contributed by atoms with Crippen LogP contribution in [0.1, 0.15) is 25.0 Å². The minimum Gasteiger partial charge on any atom is -0.496 e. The number of amides is 1. The van der Waals surface area contributed by atoms with Crippen LogP contribution in [0.15, 0.2) is 48.7 Å². The van der Waals surface area contributed by atoms with Crippen molar-refractivity contribution < 1.29 is 14.3 Å². The molecule has 0 aliphatic carbocycles. The van der Waals surface area contributed by atoms with E-state index in [4.69, 9.17) is 9.47 Å². The van der Waals surface area contributed by atoms with Crippen molar-refractivity contribution in [2.24, 2.45) is 0 Å². The number of benzene rings is 1. The molecule has 28 heavy (non-hydrogen) atoms. The predicted octanol–water partition coefficient (Wildman–Crippen LogP) is 3.03. The highest BCUT2D eigenvalue weighted by atomic mass is 16.5. The van der Waals surface area contributed by atoms with E-state index in [1.807, 2.05) is 42.6 Å². The van der Waals surface area contributed by atoms with Gasteiger partial charge in [0.1, 0.15) is 11.6 Å². The molecule has 1 aromatic carbocycles. The van der Waals surface area contributed by atoms with Gasteiger partial charge in [-0.05, 0) is 37.6 Å². The lowest BCUT2D eigenvalue weighted by Crippen LogP contribution is -2.45. The number of para-hydroxylation sites is 1. The van der Waals surface area contributed by atoms with Crippen LogP contribution >= 0.6 is 0 Å². The third kappa shape index (κ3) is 5.33. The Labute approximate surface area is 166 Å². The van der Waals surface area contributed by atoms with Gasteiger partial charge in [-0.15, -0.1) is 0 Å². The Morgan fingerprint density at radius 3 is 2.68 bits per heavy atom. The molecule has 2 atom stereocenters. The van der Waals surface area contributed by atoms with Crippen molar-refractivity contribution >= 4 is 17.8 Å². The summed E-state index contributed by atoms with van der Waals surface area (Å²) in [5, 5.41) is 2.88. The first kappa shape index (κ1) is 19.9. The molecule has 0 saturated carbocycles. The number of morpholine rings is 1. The van der Waals surface area contributed by atoms with E-state index in [1.54, 1.807) is 13.2 Å². The van der Waals surface area contributed by atoms with Crippen molar-refractivity contribution in [3.8, 4) is 5.75 Å². The van der Waals surface area contributed by atoms with Crippen LogP contribution in [0, 0.1) is 0 Å². The Kier molecular flexibility index (Phi) is 6.66. The standard InChI is InChI=1S/C22H27N3O3/c1-16-14-25(15-17(2)28-16)21-10-8-18(12-23-21)13-24-22(26)11-9-19-6-4-5-7-20(19)27-3/h4-12,16-17H,13-15H2,1-3H3,(H,24,26)/b11-9+. The molecule has 2 unspecified atom stereocenters. The lowest BCUT2D eigenvalue weighted by molar-refractivity contribution is -0.116. The van der Waals surface area contributed by atoms with E-state index in [0.717, 1.165) is 35.8 Å². The van der Waals surface area contributed by atoms with Crippen LogP contribution < -0.4 is 15.0 Å². The molecule has 6 nitrogen and oxygen atoms in total. The number of carbonyl (C=O) groups excluding carboxylic acids is 1. The number of methoxy groups -OCH3 is 1. The van der Waals surface area contributed by atoms with Crippen LogP contribution in [-0.4, -0.2) is 43.3 Å². The average Bonchev–Trinajstić information content (AvgIpc) is 2.70. The molecule has 1 aliphatic rings. The molecule has 2 heterocycles. The van der Waals surface area contributed by atoms with Crippen molar-refractivity contribution in [1.29, 1.82) is 0 Å². The molecule has 1 N–H and O–H groups in total. The first-order chi connectivity index (χ1) is 13.5. The normalized spacial score (nSPS) is 19.6. The van der Waals surface area contributed by atoms with Crippen molar-refractivity contribution in [3.63, 3.8) is 0 Å². The number of ether oxygens (including phenoxy) is 2. The summed E-state index contributed by atoms with van der Waals surface area (Å²) in [6.45, 7) is 6.25. The van der Waals surface area contributed by atoms with Crippen molar-refractivity contribution in [2.45, 2.75) is 32.6 Å². The van der Waals surface area contributed by atoms with Crippen molar-refractivity contribution in [3.05, 3.63) is 59.8 Å². The minimum atomic E-state index is -0.161. The molecule has 6 heteroatoms. The van der Waals surface area contributed by atoms with Gasteiger partial charge in [0.2, 0.25) is 5.91 Å². The smallest absolute Gasteiger partial charge is 0.244 e. The fraction of sp³-hybridized carbons (Fsp3) is 0.364. The predicted molar refractivity (Wildman–Crippen MR) is 110 cm³/mol. The van der Waals surface area contributed by atoms with E-state index in [2.05, 4.69) is 29.0 Å². The largest absolute Gasteiger partial charge is 0.496 e. The molecule has 0 spiro atoms. The zero-order valence-corrected chi connectivity index (χ0v) is 16.6. The van der Waals surface area contributed by atoms with Crippen LogP contribution in [0.5, 0.6) is 5.75 Å². The first-order valence-corrected chi connectivity index (χ1v) is 9.49. The van der Waals surface area contributed by atoms with Gasteiger partial charge in [0, 0.05) is 37.5 Å². The monoisotopic (exact) mass is 381 g/mol. The quantitative estimate of drug-likeness (QED) is 0.780. The Morgan fingerprint density at radius 2 is 2.00 bits per heavy atom. The number of nitrogens with zero attached hydrogens (tertiary/aromatic N) is 2. The highest BCUT2D eigenvalue weighted by molar-refractivity contribution is 5.92. The zero-order valence-electron chi connectivity index (χ0n) is 16.6. The zero-order chi connectivity index (χ0) is 19.9. The van der Waals surface area contributed by atoms with E-state index in [1.165, 1.54) is 6.08 Å². The summed E-state index contributed by atoms with van der Waals surface area (Å²) in [5.74, 6) is 1.51. The second-order valence-corrected chi connectivity index (χ2v) is 6.98. The summed E-state index contributed by atoms with van der Waals surface area (Å²) >= 11 is 0. The van der Waals surface area contributed by atoms with Gasteiger partial charge in [-0.25, -0.2) is 4.98 Å². The molecule has 0 bridgehead atoms. The number of aromatic nitrogens is 1. The number of pyridine rings is 1. The molecule has 0 radical (unpaired) electrons. The maximum absolute atomic E-state index is 12.1. The molecule has 1 amide bonds. The second-order valence-electron chi connectivity index (χ2n) is 6.98. The minimum absolute atomic E-state index is 0.161. The lowest BCUT2D eigenvalue weighted by Gasteiger charge is -2.36. The number of nitrogens with one attached hydrogen (secondary N) is 1. The third-order valence-electron chi connectivity index (χ3n) is 4.57. The molecular formula is C22H27N3O3. The third-order valence-corrected chi connectivity index (χ3v) is 4.57. The number of hydrogen-bond donors (Lipinski definition) is 1. The van der Waals surface area contributed by atoms with Gasteiger partial charge in [-0.2, -0.15) is 0 Å². The molecular weight excluding hydrogens is 354 g/mol. The highest BCUT2D eigenvalue weighted by Crippen LogP contribution is 2.19. The van der Waals surface area contributed by atoms with Crippen LogP contribution in [0.2, 0.25) is 0 Å². The summed E-state index contributed by atoms with van der Waals surface area (Å²) < 4.78 is 11.0. The molecule has 1 aromatic heterocycles. The molecule has 1 aliphatic heterocycles. The van der Waals surface area contributed by atoms with E-state index in [0.29, 0.717) is 6.54 Å². The van der Waals surface area contributed by atoms with E-state index in [9.17, 15) is 4.79 Å². The topological polar surface area (TPSA) is 63.7 Å². The van der Waals surface area contributed by atoms with Gasteiger partial charge in [-0.3, -0.25) is 4.79 Å². The number of hydrogen-bond acceptors (Lipinski definition) is 5. The van der Waals surface area contributed by atoms with Crippen molar-refractivity contribution in [2.75, 3.05) is 25.1 Å². The fourth-order valence-electron chi connectivity index (χ4n) is 3.29. The molecule has 148 valence electrons. The lowest BCUT2D eigenvalue weighted by atomic mass is 10.2. The summed E-state index contributed by atoms with van der Waals surface area (Å²) in [6.07, 6.45) is 5.45. The van der Waals surface area contributed by atoms with Crippen molar-refractivity contribution in [1.82, 2.24) is 10.3 Å². The molecule has 3 rings (SSSR count). The Morgan fingerprint density at radius 1 is 1.25 bits per heavy atom. The van der Waals surface area contributed by atoms with Gasteiger partial charge in [-0.1, -0.05) is 24.3 Å². The Hall–Kier alpha value is -2.86. The highest BCUT2D eigenvalue weighted by Gasteiger charge is 2.22. The maximum Gasteiger partial charge on any atom is 0.244 e. The number of carbonyl (C=O) groups is 1. The van der Waals surface area contributed by atoms with Crippen LogP contribution in [0.3, 0.4) is 0 Å². The molecule has 1 saturated heterocycles. The SMILES string of the molecule is COc1ccccc1/C=C/C(=O)NCc1ccc(N2CC(C)OC(C)C2)nc1. The molecule has 1 fully saturated rings. The van der Waals surface area contributed by atoms with Crippen LogP contribution in [-0.2, 0) is 16.1 Å². The van der Waals surface area contributed by atoms with Gasteiger partial charge < -0.3 is 19.7 Å². The van der Waals surface area contributed by atoms with E-state index in [-0.39, 0.29) is 18.1 Å². The average molecular weight is 381 g/mol. The fourth-order valence-corrected chi connectivity index (χ4v) is 3.29. The first-order valence-electron chi connectivity index (χ1n) is 9.49. The maximum atomic E-state index is 12.1. The summed E-state index contributed by atoms with van der Waals surface area (Å²) in [4.78, 5) is 18.9. The number of rotatable bonds is 6. The van der Waals surface area contributed by atoms with E-state index >= 15 is 0 Å². The Balaban J connectivity index is 1.53. The van der Waals surface area contributed by atoms with Crippen LogP contribution in [0.4, 0.5) is 5.82 Å². The Bertz CT molecular complexity index is 810. The molecule has 2 aromatic rings. The summed E-state index contributed by atoms with van der Waals surface area (Å²) in [6, 6.07) is 11.6. The van der Waals surface area contributed by atoms with Crippen LogP contribution in [0.25, 0.3) is 6.08 Å². The van der Waals surface area contributed by atoms with Gasteiger partial charge in [0.05, 0.1) is 19.3 Å². The summed E-state index contributed by atoms with van der Waals surface area (Å²) in [5.41, 5.74) is 1.82. The second kappa shape index (κ2) is 9.37. The number of anilines is 1. The summed E-state index contributed by atoms with van der Waals surface area (Å²) in [7, 11) is 1.61. The van der Waals surface area contributed by atoms with Gasteiger partial charge in [0.15, 0.2) is 0 Å². The van der Waals surface area contributed by atoms with E-state index < -0.39 is 0 Å².